The van der Waals surface area contributed by atoms with Gasteiger partial charge in [0.05, 0.1) is 5.75 Å². The van der Waals surface area contributed by atoms with Gasteiger partial charge in [0.15, 0.2) is 0 Å². The summed E-state index contributed by atoms with van der Waals surface area (Å²) in [5.74, 6) is 0.616. The van der Waals surface area contributed by atoms with Gasteiger partial charge < -0.3 is 10.2 Å². The quantitative estimate of drug-likeness (QED) is 0.649. The Hall–Kier alpha value is -1.69. The first-order chi connectivity index (χ1) is 13.3. The molecule has 0 aromatic heterocycles. The molecule has 7 heteroatoms. The van der Waals surface area contributed by atoms with Gasteiger partial charge in [-0.3, -0.25) is 9.59 Å². The van der Waals surface area contributed by atoms with E-state index in [-0.39, 0.29) is 24.1 Å². The highest BCUT2D eigenvalue weighted by Crippen LogP contribution is 2.27. The first-order valence-electron chi connectivity index (χ1n) is 8.90. The maximum absolute atomic E-state index is 12.9. The molecule has 0 heterocycles. The fourth-order valence-corrected chi connectivity index (χ4v) is 4.16. The standard InChI is InChI=1S/C21H24Cl2N2O2S/c1-14-6-4-7-16(10-14)12-28-13-20(26)25(15(2)21(27)24-3)11-17-18(22)8-5-9-19(17)23/h4-10,15H,11-13H2,1-3H3,(H,24,27). The molecular formula is C21H24Cl2N2O2S. The van der Waals surface area contributed by atoms with Crippen molar-refractivity contribution in [2.45, 2.75) is 32.2 Å². The van der Waals surface area contributed by atoms with Crippen LogP contribution in [0.1, 0.15) is 23.6 Å². The highest BCUT2D eigenvalue weighted by atomic mass is 35.5. The van der Waals surface area contributed by atoms with E-state index in [1.165, 1.54) is 22.2 Å². The number of hydrogen-bond acceptors (Lipinski definition) is 3. The molecule has 2 rings (SSSR count). The third-order valence-corrected chi connectivity index (χ3v) is 6.08. The molecule has 2 aromatic carbocycles. The van der Waals surface area contributed by atoms with Gasteiger partial charge in [0.1, 0.15) is 6.04 Å². The molecular weight excluding hydrogens is 415 g/mol. The summed E-state index contributed by atoms with van der Waals surface area (Å²) in [4.78, 5) is 26.6. The van der Waals surface area contributed by atoms with Crippen LogP contribution in [0.4, 0.5) is 0 Å². The van der Waals surface area contributed by atoms with Crippen molar-refractivity contribution in [3.05, 3.63) is 69.2 Å². The summed E-state index contributed by atoms with van der Waals surface area (Å²) in [6.07, 6.45) is 0. The van der Waals surface area contributed by atoms with Crippen LogP contribution in [0, 0.1) is 6.92 Å². The van der Waals surface area contributed by atoms with Gasteiger partial charge >= 0.3 is 0 Å². The predicted octanol–water partition coefficient (Wildman–Crippen LogP) is 4.70. The Morgan fingerprint density at radius 2 is 1.79 bits per heavy atom. The van der Waals surface area contributed by atoms with Crippen molar-refractivity contribution < 1.29 is 9.59 Å². The second-order valence-corrected chi connectivity index (χ2v) is 8.29. The minimum atomic E-state index is -0.635. The molecule has 2 aromatic rings. The molecule has 0 spiro atoms. The molecule has 0 aliphatic carbocycles. The van der Waals surface area contributed by atoms with Gasteiger partial charge in [-0.15, -0.1) is 11.8 Å². The van der Waals surface area contributed by atoms with E-state index >= 15 is 0 Å². The zero-order chi connectivity index (χ0) is 20.7. The number of benzene rings is 2. The normalized spacial score (nSPS) is 11.8. The molecule has 4 nitrogen and oxygen atoms in total. The lowest BCUT2D eigenvalue weighted by atomic mass is 10.1. The van der Waals surface area contributed by atoms with Crippen molar-refractivity contribution in [3.8, 4) is 0 Å². The Morgan fingerprint density at radius 1 is 1.14 bits per heavy atom. The van der Waals surface area contributed by atoms with E-state index in [1.807, 2.05) is 25.1 Å². The van der Waals surface area contributed by atoms with Crippen LogP contribution >= 0.6 is 35.0 Å². The maximum Gasteiger partial charge on any atom is 0.242 e. The average molecular weight is 439 g/mol. The molecule has 1 N–H and O–H groups in total. The van der Waals surface area contributed by atoms with E-state index in [1.54, 1.807) is 32.2 Å². The first kappa shape index (κ1) is 22.6. The molecule has 0 saturated carbocycles. The second kappa shape index (κ2) is 10.7. The molecule has 150 valence electrons. The molecule has 0 fully saturated rings. The van der Waals surface area contributed by atoms with E-state index < -0.39 is 6.04 Å². The molecule has 0 radical (unpaired) electrons. The number of thioether (sulfide) groups is 1. The summed E-state index contributed by atoms with van der Waals surface area (Å²) in [6, 6.07) is 12.8. The Labute approximate surface area is 180 Å². The van der Waals surface area contributed by atoms with E-state index in [2.05, 4.69) is 11.4 Å². The molecule has 1 unspecified atom stereocenters. The lowest BCUT2D eigenvalue weighted by molar-refractivity contribution is -0.138. The minimum Gasteiger partial charge on any atom is -0.357 e. The van der Waals surface area contributed by atoms with Crippen LogP contribution in [0.15, 0.2) is 42.5 Å². The molecule has 28 heavy (non-hydrogen) atoms. The molecule has 0 aliphatic rings. The zero-order valence-corrected chi connectivity index (χ0v) is 18.5. The minimum absolute atomic E-state index is 0.135. The number of likely N-dealkylation sites (N-methyl/N-ethyl adjacent to an activating group) is 1. The molecule has 0 bridgehead atoms. The Kier molecular flexibility index (Phi) is 8.67. The highest BCUT2D eigenvalue weighted by Gasteiger charge is 2.26. The second-order valence-electron chi connectivity index (χ2n) is 6.49. The summed E-state index contributed by atoms with van der Waals surface area (Å²) >= 11 is 14.1. The molecule has 0 aliphatic heterocycles. The molecule has 0 saturated heterocycles. The number of nitrogens with one attached hydrogen (secondary N) is 1. The van der Waals surface area contributed by atoms with Gasteiger partial charge in [0.2, 0.25) is 11.8 Å². The molecule has 1 atom stereocenters. The maximum atomic E-state index is 12.9. The monoisotopic (exact) mass is 438 g/mol. The fourth-order valence-electron chi connectivity index (χ4n) is 2.79. The number of carbonyl (C=O) groups excluding carboxylic acids is 2. The van der Waals surface area contributed by atoms with Crippen LogP contribution < -0.4 is 5.32 Å². The van der Waals surface area contributed by atoms with Crippen LogP contribution in [0.3, 0.4) is 0 Å². The van der Waals surface area contributed by atoms with Gasteiger partial charge in [-0.05, 0) is 31.5 Å². The van der Waals surface area contributed by atoms with E-state index in [9.17, 15) is 9.59 Å². The fraction of sp³-hybridized carbons (Fsp3) is 0.333. The number of nitrogens with zero attached hydrogens (tertiary/aromatic N) is 1. The van der Waals surface area contributed by atoms with Crippen LogP contribution in [0.25, 0.3) is 0 Å². The van der Waals surface area contributed by atoms with Gasteiger partial charge in [-0.25, -0.2) is 0 Å². The third kappa shape index (κ3) is 6.16. The van der Waals surface area contributed by atoms with Crippen LogP contribution in [-0.2, 0) is 21.9 Å². The molecule has 2 amide bonds. The van der Waals surface area contributed by atoms with Gasteiger partial charge in [-0.1, -0.05) is 59.1 Å². The highest BCUT2D eigenvalue weighted by molar-refractivity contribution is 7.99. The van der Waals surface area contributed by atoms with E-state index in [0.717, 1.165) is 11.3 Å². The van der Waals surface area contributed by atoms with E-state index in [4.69, 9.17) is 23.2 Å². The van der Waals surface area contributed by atoms with E-state index in [0.29, 0.717) is 15.6 Å². The van der Waals surface area contributed by atoms with Crippen molar-refractivity contribution >= 4 is 46.8 Å². The Balaban J connectivity index is 2.11. The third-order valence-electron chi connectivity index (χ3n) is 4.38. The number of amides is 2. The van der Waals surface area contributed by atoms with Crippen LogP contribution in [0.5, 0.6) is 0 Å². The van der Waals surface area contributed by atoms with Gasteiger partial charge in [-0.2, -0.15) is 0 Å². The summed E-state index contributed by atoms with van der Waals surface area (Å²) in [5, 5.41) is 3.55. The Morgan fingerprint density at radius 3 is 2.39 bits per heavy atom. The van der Waals surface area contributed by atoms with Crippen LogP contribution in [0.2, 0.25) is 10.0 Å². The zero-order valence-electron chi connectivity index (χ0n) is 16.2. The van der Waals surface area contributed by atoms with Crippen molar-refractivity contribution in [1.29, 1.82) is 0 Å². The summed E-state index contributed by atoms with van der Waals surface area (Å²) in [6.45, 7) is 3.92. The van der Waals surface area contributed by atoms with Crippen molar-refractivity contribution in [1.82, 2.24) is 10.2 Å². The number of rotatable bonds is 8. The Bertz CT molecular complexity index is 825. The smallest absolute Gasteiger partial charge is 0.242 e. The number of hydrogen-bond donors (Lipinski definition) is 1. The summed E-state index contributed by atoms with van der Waals surface area (Å²) in [5.41, 5.74) is 2.99. The van der Waals surface area contributed by atoms with Gasteiger partial charge in [0, 0.05) is 35.0 Å². The van der Waals surface area contributed by atoms with Crippen molar-refractivity contribution in [2.24, 2.45) is 0 Å². The van der Waals surface area contributed by atoms with Crippen LogP contribution in [-0.4, -0.2) is 35.6 Å². The SMILES string of the molecule is CNC(=O)C(C)N(Cc1c(Cl)cccc1Cl)C(=O)CSCc1cccc(C)c1. The first-order valence-corrected chi connectivity index (χ1v) is 10.8. The topological polar surface area (TPSA) is 49.4 Å². The largest absolute Gasteiger partial charge is 0.357 e. The van der Waals surface area contributed by atoms with Crippen molar-refractivity contribution in [2.75, 3.05) is 12.8 Å². The van der Waals surface area contributed by atoms with Crippen molar-refractivity contribution in [3.63, 3.8) is 0 Å². The van der Waals surface area contributed by atoms with Gasteiger partial charge in [0.25, 0.3) is 0 Å². The number of aryl methyl sites for hydroxylation is 1. The lowest BCUT2D eigenvalue weighted by Crippen LogP contribution is -2.47. The number of carbonyl (C=O) groups is 2. The summed E-state index contributed by atoms with van der Waals surface area (Å²) < 4.78 is 0. The predicted molar refractivity (Wildman–Crippen MR) is 118 cm³/mol. The lowest BCUT2D eigenvalue weighted by Gasteiger charge is -2.29. The number of halogens is 2. The average Bonchev–Trinajstić information content (AvgIpc) is 2.66. The summed E-state index contributed by atoms with van der Waals surface area (Å²) in [7, 11) is 1.55.